The molecule has 25 heavy (non-hydrogen) atoms. The second-order valence-corrected chi connectivity index (χ2v) is 5.27. The standard InChI is InChI=1S/C18H18N4O2.ClH/c1-20-18(19)22-17(23)16-9-13-7-8-14(10-15(13)21-16)24-11-12-5-3-2-4-6-12;/h2-10,21H,11H2,1H3,(H3,19,20,22,23);1H. The Kier molecular flexibility index (Phi) is 6.03. The third-order valence-corrected chi connectivity index (χ3v) is 3.57. The van der Waals surface area contributed by atoms with Crippen molar-refractivity contribution in [3.63, 3.8) is 0 Å². The molecule has 2 aromatic carbocycles. The first-order valence-corrected chi connectivity index (χ1v) is 7.49. The zero-order valence-electron chi connectivity index (χ0n) is 13.7. The van der Waals surface area contributed by atoms with Crippen LogP contribution in [0.4, 0.5) is 0 Å². The fraction of sp³-hybridized carbons (Fsp3) is 0.111. The summed E-state index contributed by atoms with van der Waals surface area (Å²) in [5.74, 6) is 0.474. The molecule has 0 saturated heterocycles. The van der Waals surface area contributed by atoms with Crippen LogP contribution in [0.3, 0.4) is 0 Å². The second-order valence-electron chi connectivity index (χ2n) is 5.27. The molecule has 0 aliphatic heterocycles. The van der Waals surface area contributed by atoms with E-state index >= 15 is 0 Å². The molecular weight excluding hydrogens is 340 g/mol. The summed E-state index contributed by atoms with van der Waals surface area (Å²) in [7, 11) is 1.51. The number of aromatic nitrogens is 1. The predicted octanol–water partition coefficient (Wildman–Crippen LogP) is 2.84. The van der Waals surface area contributed by atoms with Crippen LogP contribution in [0.2, 0.25) is 0 Å². The van der Waals surface area contributed by atoms with Gasteiger partial charge in [0.15, 0.2) is 5.96 Å². The summed E-state index contributed by atoms with van der Waals surface area (Å²) in [6.45, 7) is 0.490. The number of amides is 1. The summed E-state index contributed by atoms with van der Waals surface area (Å²) in [5.41, 5.74) is 7.84. The molecule has 0 spiro atoms. The molecule has 0 saturated carbocycles. The number of guanidine groups is 1. The van der Waals surface area contributed by atoms with Gasteiger partial charge in [-0.15, -0.1) is 12.4 Å². The number of aromatic amines is 1. The third-order valence-electron chi connectivity index (χ3n) is 3.57. The Bertz CT molecular complexity index is 890. The molecule has 3 aromatic rings. The Morgan fingerprint density at radius 3 is 2.68 bits per heavy atom. The van der Waals surface area contributed by atoms with Crippen LogP contribution < -0.4 is 15.8 Å². The smallest absolute Gasteiger partial charge is 0.274 e. The number of hydrogen-bond donors (Lipinski definition) is 3. The van der Waals surface area contributed by atoms with Gasteiger partial charge in [0.2, 0.25) is 0 Å². The van der Waals surface area contributed by atoms with Crippen LogP contribution in [0.5, 0.6) is 5.75 Å². The number of H-pyrrole nitrogens is 1. The van der Waals surface area contributed by atoms with E-state index in [-0.39, 0.29) is 24.3 Å². The van der Waals surface area contributed by atoms with Crippen LogP contribution >= 0.6 is 12.4 Å². The molecular formula is C18H19ClN4O2. The van der Waals surface area contributed by atoms with E-state index in [1.165, 1.54) is 7.05 Å². The van der Waals surface area contributed by atoms with Crippen molar-refractivity contribution < 1.29 is 9.53 Å². The third kappa shape index (κ3) is 4.51. The molecule has 4 N–H and O–H groups in total. The Labute approximate surface area is 151 Å². The van der Waals surface area contributed by atoms with Crippen molar-refractivity contribution in [2.75, 3.05) is 7.05 Å². The number of carbonyl (C=O) groups excluding carboxylic acids is 1. The van der Waals surface area contributed by atoms with Crippen molar-refractivity contribution in [3.05, 3.63) is 65.9 Å². The maximum absolute atomic E-state index is 12.0. The van der Waals surface area contributed by atoms with E-state index in [0.717, 1.165) is 22.2 Å². The summed E-state index contributed by atoms with van der Waals surface area (Å²) in [4.78, 5) is 18.8. The Morgan fingerprint density at radius 1 is 1.20 bits per heavy atom. The van der Waals surface area contributed by atoms with Gasteiger partial charge in [0.05, 0.1) is 0 Å². The van der Waals surface area contributed by atoms with Gasteiger partial charge in [0.1, 0.15) is 18.1 Å². The number of benzene rings is 2. The fourth-order valence-electron chi connectivity index (χ4n) is 2.30. The zero-order chi connectivity index (χ0) is 16.9. The molecule has 6 nitrogen and oxygen atoms in total. The molecule has 130 valence electrons. The lowest BCUT2D eigenvalue weighted by Crippen LogP contribution is -2.36. The lowest BCUT2D eigenvalue weighted by Gasteiger charge is -2.06. The quantitative estimate of drug-likeness (QED) is 0.494. The molecule has 0 bridgehead atoms. The van der Waals surface area contributed by atoms with Crippen molar-refractivity contribution >= 4 is 35.2 Å². The van der Waals surface area contributed by atoms with Gasteiger partial charge in [-0.2, -0.15) is 0 Å². The van der Waals surface area contributed by atoms with Gasteiger partial charge in [0, 0.05) is 24.0 Å². The van der Waals surface area contributed by atoms with E-state index in [4.69, 9.17) is 10.5 Å². The number of nitrogens with one attached hydrogen (secondary N) is 2. The normalized spacial score (nSPS) is 11.0. The number of halogens is 1. The highest BCUT2D eigenvalue weighted by molar-refractivity contribution is 6.06. The van der Waals surface area contributed by atoms with Crippen LogP contribution in [0.25, 0.3) is 10.9 Å². The molecule has 1 amide bonds. The maximum atomic E-state index is 12.0. The number of ether oxygens (including phenoxy) is 1. The van der Waals surface area contributed by atoms with Gasteiger partial charge in [-0.25, -0.2) is 0 Å². The summed E-state index contributed by atoms with van der Waals surface area (Å²) in [6.07, 6.45) is 0. The van der Waals surface area contributed by atoms with Gasteiger partial charge in [0.25, 0.3) is 5.91 Å². The average molecular weight is 359 g/mol. The Hall–Kier alpha value is -2.99. The molecule has 0 fully saturated rings. The van der Waals surface area contributed by atoms with E-state index in [0.29, 0.717) is 12.3 Å². The lowest BCUT2D eigenvalue weighted by molar-refractivity contribution is 0.0972. The Morgan fingerprint density at radius 2 is 1.96 bits per heavy atom. The molecule has 3 rings (SSSR count). The number of hydrogen-bond acceptors (Lipinski definition) is 3. The molecule has 1 aromatic heterocycles. The molecule has 0 aliphatic rings. The van der Waals surface area contributed by atoms with Crippen LogP contribution in [0.15, 0.2) is 59.6 Å². The van der Waals surface area contributed by atoms with Gasteiger partial charge >= 0.3 is 0 Å². The van der Waals surface area contributed by atoms with Crippen molar-refractivity contribution in [3.8, 4) is 5.75 Å². The van der Waals surface area contributed by atoms with Gasteiger partial charge < -0.3 is 15.5 Å². The zero-order valence-corrected chi connectivity index (χ0v) is 14.5. The van der Waals surface area contributed by atoms with E-state index < -0.39 is 0 Å². The van der Waals surface area contributed by atoms with Crippen molar-refractivity contribution in [2.24, 2.45) is 10.7 Å². The first kappa shape index (κ1) is 18.4. The van der Waals surface area contributed by atoms with E-state index in [1.54, 1.807) is 6.07 Å². The van der Waals surface area contributed by atoms with E-state index in [9.17, 15) is 4.79 Å². The monoisotopic (exact) mass is 358 g/mol. The number of aliphatic imine (C=N–C) groups is 1. The largest absolute Gasteiger partial charge is 0.489 e. The topological polar surface area (TPSA) is 92.5 Å². The number of fused-ring (bicyclic) bond motifs is 1. The first-order valence-electron chi connectivity index (χ1n) is 7.49. The number of carbonyl (C=O) groups is 1. The van der Waals surface area contributed by atoms with Crippen molar-refractivity contribution in [1.82, 2.24) is 10.3 Å². The molecule has 1 heterocycles. The molecule has 0 radical (unpaired) electrons. The summed E-state index contributed by atoms with van der Waals surface area (Å²) in [5, 5.41) is 3.41. The van der Waals surface area contributed by atoms with E-state index in [1.807, 2.05) is 48.5 Å². The molecule has 0 aliphatic carbocycles. The van der Waals surface area contributed by atoms with Gasteiger partial charge in [-0.1, -0.05) is 30.3 Å². The minimum Gasteiger partial charge on any atom is -0.489 e. The highest BCUT2D eigenvalue weighted by Gasteiger charge is 2.11. The average Bonchev–Trinajstić information content (AvgIpc) is 3.04. The van der Waals surface area contributed by atoms with Crippen LogP contribution in [0.1, 0.15) is 16.1 Å². The van der Waals surface area contributed by atoms with E-state index in [2.05, 4.69) is 15.3 Å². The van der Waals surface area contributed by atoms with Crippen molar-refractivity contribution in [1.29, 1.82) is 0 Å². The Balaban J connectivity index is 0.00000225. The highest BCUT2D eigenvalue weighted by atomic mass is 35.5. The summed E-state index contributed by atoms with van der Waals surface area (Å²) in [6, 6.07) is 17.3. The van der Waals surface area contributed by atoms with Crippen LogP contribution in [-0.4, -0.2) is 23.9 Å². The number of nitrogens with zero attached hydrogens (tertiary/aromatic N) is 1. The van der Waals surface area contributed by atoms with Crippen molar-refractivity contribution in [2.45, 2.75) is 6.61 Å². The molecule has 7 heteroatoms. The maximum Gasteiger partial charge on any atom is 0.274 e. The number of rotatable bonds is 4. The second kappa shape index (κ2) is 8.21. The first-order chi connectivity index (χ1) is 11.7. The summed E-state index contributed by atoms with van der Waals surface area (Å²) < 4.78 is 5.79. The fourth-order valence-corrected chi connectivity index (χ4v) is 2.30. The SMILES string of the molecule is CN=C(N)NC(=O)c1cc2ccc(OCc3ccccc3)cc2[nH]1.Cl. The molecule has 0 unspecified atom stereocenters. The minimum absolute atomic E-state index is 0. The molecule has 0 atom stereocenters. The number of nitrogens with two attached hydrogens (primary N) is 1. The van der Waals surface area contributed by atoms with Crippen LogP contribution in [0, 0.1) is 0 Å². The van der Waals surface area contributed by atoms with Crippen LogP contribution in [-0.2, 0) is 6.61 Å². The highest BCUT2D eigenvalue weighted by Crippen LogP contribution is 2.22. The van der Waals surface area contributed by atoms with Gasteiger partial charge in [-0.05, 0) is 23.8 Å². The van der Waals surface area contributed by atoms with Gasteiger partial charge in [-0.3, -0.25) is 15.1 Å². The lowest BCUT2D eigenvalue weighted by atomic mass is 10.2. The summed E-state index contributed by atoms with van der Waals surface area (Å²) >= 11 is 0. The minimum atomic E-state index is -0.332. The predicted molar refractivity (Wildman–Crippen MR) is 101 cm³/mol.